The molecule has 2 N–H and O–H groups in total. The van der Waals surface area contributed by atoms with Gasteiger partial charge in [-0.15, -0.1) is 0 Å². The number of carboxylic acid groups (broad SMARTS) is 1. The fourth-order valence-electron chi connectivity index (χ4n) is 2.50. The molecular formula is C19H20FNO4. The SMILES string of the molecule is COc1ccc(CC(C)(C)NC(=O)c2ccc(C(=O)O)cc2F)cc1. The molecule has 0 aliphatic carbocycles. The van der Waals surface area contributed by atoms with Crippen LogP contribution in [0.5, 0.6) is 5.75 Å². The maximum absolute atomic E-state index is 14.0. The minimum Gasteiger partial charge on any atom is -0.497 e. The molecule has 0 aromatic heterocycles. The third kappa shape index (κ3) is 4.79. The monoisotopic (exact) mass is 345 g/mol. The first-order chi connectivity index (χ1) is 11.7. The molecule has 0 aliphatic rings. The van der Waals surface area contributed by atoms with E-state index in [0.29, 0.717) is 6.42 Å². The molecule has 0 saturated carbocycles. The van der Waals surface area contributed by atoms with E-state index >= 15 is 0 Å². The first-order valence-corrected chi connectivity index (χ1v) is 7.70. The topological polar surface area (TPSA) is 75.6 Å². The van der Waals surface area contributed by atoms with Crippen LogP contribution in [0.2, 0.25) is 0 Å². The summed E-state index contributed by atoms with van der Waals surface area (Å²) in [5.41, 5.74) is -0.0176. The zero-order chi connectivity index (χ0) is 18.6. The molecule has 132 valence electrons. The maximum Gasteiger partial charge on any atom is 0.335 e. The Morgan fingerprint density at radius 3 is 2.32 bits per heavy atom. The molecule has 0 radical (unpaired) electrons. The highest BCUT2D eigenvalue weighted by molar-refractivity contribution is 5.96. The number of carbonyl (C=O) groups excluding carboxylic acids is 1. The summed E-state index contributed by atoms with van der Waals surface area (Å²) in [4.78, 5) is 23.2. The largest absolute Gasteiger partial charge is 0.497 e. The molecule has 0 heterocycles. The van der Waals surface area contributed by atoms with E-state index in [4.69, 9.17) is 9.84 Å². The van der Waals surface area contributed by atoms with E-state index in [1.54, 1.807) is 7.11 Å². The molecule has 1 amide bonds. The Kier molecular flexibility index (Phi) is 5.41. The highest BCUT2D eigenvalue weighted by atomic mass is 19.1. The van der Waals surface area contributed by atoms with Crippen molar-refractivity contribution >= 4 is 11.9 Å². The Balaban J connectivity index is 2.10. The molecule has 0 unspecified atom stereocenters. The van der Waals surface area contributed by atoms with Gasteiger partial charge in [0.2, 0.25) is 0 Å². The van der Waals surface area contributed by atoms with Crippen molar-refractivity contribution in [2.45, 2.75) is 25.8 Å². The van der Waals surface area contributed by atoms with Gasteiger partial charge in [-0.05, 0) is 56.2 Å². The van der Waals surface area contributed by atoms with E-state index < -0.39 is 23.2 Å². The smallest absolute Gasteiger partial charge is 0.335 e. The van der Waals surface area contributed by atoms with Gasteiger partial charge in [0.15, 0.2) is 0 Å². The quantitative estimate of drug-likeness (QED) is 0.842. The highest BCUT2D eigenvalue weighted by Crippen LogP contribution is 2.18. The van der Waals surface area contributed by atoms with Crippen LogP contribution in [0.4, 0.5) is 4.39 Å². The minimum atomic E-state index is -1.24. The number of hydrogen-bond acceptors (Lipinski definition) is 3. The molecule has 6 heteroatoms. The third-order valence-electron chi connectivity index (χ3n) is 3.72. The summed E-state index contributed by atoms with van der Waals surface area (Å²) in [6.45, 7) is 3.66. The van der Waals surface area contributed by atoms with Crippen molar-refractivity contribution in [2.24, 2.45) is 0 Å². The lowest BCUT2D eigenvalue weighted by Crippen LogP contribution is -2.45. The van der Waals surface area contributed by atoms with E-state index in [1.165, 1.54) is 12.1 Å². The van der Waals surface area contributed by atoms with Gasteiger partial charge in [0.1, 0.15) is 11.6 Å². The number of amides is 1. The second-order valence-electron chi connectivity index (χ2n) is 6.36. The number of rotatable bonds is 6. The van der Waals surface area contributed by atoms with Gasteiger partial charge in [0.05, 0.1) is 18.2 Å². The van der Waals surface area contributed by atoms with Crippen LogP contribution in [0.15, 0.2) is 42.5 Å². The number of ether oxygens (including phenoxy) is 1. The maximum atomic E-state index is 14.0. The molecule has 25 heavy (non-hydrogen) atoms. The predicted molar refractivity (Wildman–Crippen MR) is 91.6 cm³/mol. The van der Waals surface area contributed by atoms with Gasteiger partial charge in [0.25, 0.3) is 5.91 Å². The van der Waals surface area contributed by atoms with Crippen LogP contribution in [-0.2, 0) is 6.42 Å². The third-order valence-corrected chi connectivity index (χ3v) is 3.72. The number of aromatic carboxylic acids is 1. The first-order valence-electron chi connectivity index (χ1n) is 7.70. The molecule has 2 aromatic rings. The Hall–Kier alpha value is -2.89. The van der Waals surface area contributed by atoms with Gasteiger partial charge in [-0.25, -0.2) is 9.18 Å². The van der Waals surface area contributed by atoms with Crippen LogP contribution in [0.25, 0.3) is 0 Å². The van der Waals surface area contributed by atoms with Crippen LogP contribution in [-0.4, -0.2) is 29.6 Å². The molecule has 0 atom stereocenters. The number of nitrogens with one attached hydrogen (secondary N) is 1. The van der Waals surface area contributed by atoms with Crippen molar-refractivity contribution < 1.29 is 23.8 Å². The number of hydrogen-bond donors (Lipinski definition) is 2. The molecule has 0 fully saturated rings. The van der Waals surface area contributed by atoms with E-state index in [0.717, 1.165) is 17.4 Å². The summed E-state index contributed by atoms with van der Waals surface area (Å²) in [6, 6.07) is 10.7. The number of benzene rings is 2. The number of carboxylic acids is 1. The number of halogens is 1. The first kappa shape index (κ1) is 18.4. The van der Waals surface area contributed by atoms with E-state index in [2.05, 4.69) is 5.32 Å². The fourth-order valence-corrected chi connectivity index (χ4v) is 2.50. The molecule has 5 nitrogen and oxygen atoms in total. The average Bonchev–Trinajstić information content (AvgIpc) is 2.54. The van der Waals surface area contributed by atoms with Crippen molar-refractivity contribution in [2.75, 3.05) is 7.11 Å². The standard InChI is InChI=1S/C19H20FNO4/c1-19(2,11-12-4-7-14(25-3)8-5-12)21-17(22)15-9-6-13(18(23)24)10-16(15)20/h4-10H,11H2,1-3H3,(H,21,22)(H,23,24). The normalized spacial score (nSPS) is 11.0. The Bertz CT molecular complexity index is 785. The van der Waals surface area contributed by atoms with Gasteiger partial charge in [-0.3, -0.25) is 4.79 Å². The summed E-state index contributed by atoms with van der Waals surface area (Å²) < 4.78 is 19.1. The van der Waals surface area contributed by atoms with Crippen molar-refractivity contribution in [3.8, 4) is 5.75 Å². The van der Waals surface area contributed by atoms with Crippen LogP contribution in [0.3, 0.4) is 0 Å². The van der Waals surface area contributed by atoms with Gasteiger partial charge < -0.3 is 15.2 Å². The van der Waals surface area contributed by atoms with E-state index in [-0.39, 0.29) is 11.1 Å². The predicted octanol–water partition coefficient (Wildman–Crippen LogP) is 3.28. The van der Waals surface area contributed by atoms with Crippen LogP contribution in [0, 0.1) is 5.82 Å². The summed E-state index contributed by atoms with van der Waals surface area (Å²) in [7, 11) is 1.59. The summed E-state index contributed by atoms with van der Waals surface area (Å²) in [6.07, 6.45) is 0.539. The zero-order valence-corrected chi connectivity index (χ0v) is 14.3. The zero-order valence-electron chi connectivity index (χ0n) is 14.3. The summed E-state index contributed by atoms with van der Waals surface area (Å²) >= 11 is 0. The van der Waals surface area contributed by atoms with E-state index in [9.17, 15) is 14.0 Å². The molecule has 0 saturated heterocycles. The van der Waals surface area contributed by atoms with Gasteiger partial charge in [-0.2, -0.15) is 0 Å². The van der Waals surface area contributed by atoms with Crippen molar-refractivity contribution in [3.63, 3.8) is 0 Å². The van der Waals surface area contributed by atoms with Crippen LogP contribution < -0.4 is 10.1 Å². The molecule has 2 aromatic carbocycles. The lowest BCUT2D eigenvalue weighted by atomic mass is 9.94. The lowest BCUT2D eigenvalue weighted by molar-refractivity contribution is 0.0695. The highest BCUT2D eigenvalue weighted by Gasteiger charge is 2.24. The van der Waals surface area contributed by atoms with Crippen molar-refractivity contribution in [3.05, 3.63) is 65.0 Å². The summed E-state index contributed by atoms with van der Waals surface area (Å²) in [5, 5.41) is 11.6. The van der Waals surface area contributed by atoms with Crippen molar-refractivity contribution in [1.29, 1.82) is 0 Å². The minimum absolute atomic E-state index is 0.187. The van der Waals surface area contributed by atoms with Crippen LogP contribution in [0.1, 0.15) is 40.1 Å². The molecule has 0 bridgehead atoms. The Labute approximate surface area is 145 Å². The molecule has 0 aliphatic heterocycles. The Morgan fingerprint density at radius 1 is 1.16 bits per heavy atom. The second-order valence-corrected chi connectivity index (χ2v) is 6.36. The lowest BCUT2D eigenvalue weighted by Gasteiger charge is -2.26. The van der Waals surface area contributed by atoms with E-state index in [1.807, 2.05) is 38.1 Å². The van der Waals surface area contributed by atoms with Crippen molar-refractivity contribution in [1.82, 2.24) is 5.32 Å². The number of methoxy groups -OCH3 is 1. The fraction of sp³-hybridized carbons (Fsp3) is 0.263. The van der Waals surface area contributed by atoms with Gasteiger partial charge >= 0.3 is 5.97 Å². The average molecular weight is 345 g/mol. The second kappa shape index (κ2) is 7.34. The molecular weight excluding hydrogens is 325 g/mol. The molecule has 2 rings (SSSR count). The summed E-state index contributed by atoms with van der Waals surface area (Å²) in [5.74, 6) is -1.96. The molecule has 0 spiro atoms. The van der Waals surface area contributed by atoms with Gasteiger partial charge in [0, 0.05) is 5.54 Å². The van der Waals surface area contributed by atoms with Gasteiger partial charge in [-0.1, -0.05) is 12.1 Å². The van der Waals surface area contributed by atoms with Crippen LogP contribution >= 0.6 is 0 Å². The Morgan fingerprint density at radius 2 is 1.80 bits per heavy atom. The number of carbonyl (C=O) groups is 2.